The SMILES string of the molecule is CCN(C(C)=O)c1nc(CNCC2(CCO)CC2)cs1. The van der Waals surface area contributed by atoms with Crippen LogP contribution in [0.5, 0.6) is 0 Å². The van der Waals surface area contributed by atoms with Crippen molar-refractivity contribution < 1.29 is 9.90 Å². The van der Waals surface area contributed by atoms with Gasteiger partial charge in [-0.05, 0) is 31.6 Å². The third-order valence-corrected chi connectivity index (χ3v) is 4.78. The number of amides is 1. The fraction of sp³-hybridized carbons (Fsp3) is 0.714. The highest BCUT2D eigenvalue weighted by Gasteiger charge is 2.41. The molecule has 1 aliphatic carbocycles. The fourth-order valence-corrected chi connectivity index (χ4v) is 3.31. The van der Waals surface area contributed by atoms with Crippen LogP contribution in [0.1, 0.15) is 38.8 Å². The zero-order valence-electron chi connectivity index (χ0n) is 12.2. The molecule has 2 N–H and O–H groups in total. The van der Waals surface area contributed by atoms with Crippen LogP contribution < -0.4 is 10.2 Å². The van der Waals surface area contributed by atoms with Gasteiger partial charge < -0.3 is 10.4 Å². The van der Waals surface area contributed by atoms with Crippen LogP contribution in [-0.2, 0) is 11.3 Å². The third-order valence-electron chi connectivity index (χ3n) is 3.87. The van der Waals surface area contributed by atoms with Crippen molar-refractivity contribution >= 4 is 22.4 Å². The minimum Gasteiger partial charge on any atom is -0.396 e. The van der Waals surface area contributed by atoms with Crippen molar-refractivity contribution in [2.75, 3.05) is 24.6 Å². The van der Waals surface area contributed by atoms with Crippen LogP contribution >= 0.6 is 11.3 Å². The van der Waals surface area contributed by atoms with Crippen LogP contribution in [0, 0.1) is 5.41 Å². The van der Waals surface area contributed by atoms with Gasteiger partial charge in [-0.1, -0.05) is 0 Å². The van der Waals surface area contributed by atoms with E-state index in [2.05, 4.69) is 10.3 Å². The molecular formula is C14H23N3O2S. The summed E-state index contributed by atoms with van der Waals surface area (Å²) in [6, 6.07) is 0. The van der Waals surface area contributed by atoms with Crippen LogP contribution in [0.15, 0.2) is 5.38 Å². The lowest BCUT2D eigenvalue weighted by Crippen LogP contribution is -2.28. The molecule has 5 nitrogen and oxygen atoms in total. The number of aliphatic hydroxyl groups excluding tert-OH is 1. The van der Waals surface area contributed by atoms with Crippen molar-refractivity contribution in [2.45, 2.75) is 39.7 Å². The first-order valence-electron chi connectivity index (χ1n) is 7.14. The summed E-state index contributed by atoms with van der Waals surface area (Å²) in [5.41, 5.74) is 1.30. The lowest BCUT2D eigenvalue weighted by molar-refractivity contribution is -0.116. The first-order valence-corrected chi connectivity index (χ1v) is 8.02. The third kappa shape index (κ3) is 3.77. The lowest BCUT2D eigenvalue weighted by Gasteiger charge is -2.15. The highest BCUT2D eigenvalue weighted by molar-refractivity contribution is 7.14. The Morgan fingerprint density at radius 2 is 2.35 bits per heavy atom. The van der Waals surface area contributed by atoms with E-state index in [0.29, 0.717) is 12.0 Å². The van der Waals surface area contributed by atoms with E-state index in [0.717, 1.165) is 30.3 Å². The van der Waals surface area contributed by atoms with Gasteiger partial charge in [-0.2, -0.15) is 0 Å². The minimum atomic E-state index is 0.0289. The Morgan fingerprint density at radius 1 is 1.60 bits per heavy atom. The molecule has 1 amide bonds. The van der Waals surface area contributed by atoms with Crippen LogP contribution in [0.4, 0.5) is 5.13 Å². The van der Waals surface area contributed by atoms with Crippen LogP contribution in [0.3, 0.4) is 0 Å². The number of nitrogens with one attached hydrogen (secondary N) is 1. The first kappa shape index (κ1) is 15.4. The maximum atomic E-state index is 11.5. The second-order valence-electron chi connectivity index (χ2n) is 5.46. The largest absolute Gasteiger partial charge is 0.396 e. The molecule has 1 aliphatic rings. The number of hydrogen-bond donors (Lipinski definition) is 2. The molecule has 112 valence electrons. The molecule has 20 heavy (non-hydrogen) atoms. The summed E-state index contributed by atoms with van der Waals surface area (Å²) in [6.07, 6.45) is 3.30. The van der Waals surface area contributed by atoms with E-state index in [-0.39, 0.29) is 12.5 Å². The van der Waals surface area contributed by atoms with Crippen LogP contribution in [0.25, 0.3) is 0 Å². The molecular weight excluding hydrogens is 274 g/mol. The Hall–Kier alpha value is -0.980. The normalized spacial score (nSPS) is 16.1. The van der Waals surface area contributed by atoms with E-state index < -0.39 is 0 Å². The van der Waals surface area contributed by atoms with E-state index >= 15 is 0 Å². The van der Waals surface area contributed by atoms with Gasteiger partial charge in [0, 0.05) is 38.5 Å². The van der Waals surface area contributed by atoms with Crippen molar-refractivity contribution in [3.63, 3.8) is 0 Å². The molecule has 1 fully saturated rings. The molecule has 0 aromatic carbocycles. The maximum Gasteiger partial charge on any atom is 0.225 e. The van der Waals surface area contributed by atoms with Gasteiger partial charge in [0.15, 0.2) is 5.13 Å². The number of anilines is 1. The predicted molar refractivity (Wildman–Crippen MR) is 80.9 cm³/mol. The molecule has 2 rings (SSSR count). The lowest BCUT2D eigenvalue weighted by atomic mass is 10.0. The van der Waals surface area contributed by atoms with Gasteiger partial charge >= 0.3 is 0 Å². The number of thiazole rings is 1. The zero-order valence-corrected chi connectivity index (χ0v) is 13.0. The Balaban J connectivity index is 1.82. The van der Waals surface area contributed by atoms with E-state index in [1.54, 1.807) is 11.8 Å². The highest BCUT2D eigenvalue weighted by Crippen LogP contribution is 2.47. The number of carbonyl (C=O) groups is 1. The molecule has 1 heterocycles. The molecule has 0 atom stereocenters. The maximum absolute atomic E-state index is 11.5. The summed E-state index contributed by atoms with van der Waals surface area (Å²) in [7, 11) is 0. The van der Waals surface area contributed by atoms with Crippen molar-refractivity contribution in [3.8, 4) is 0 Å². The van der Waals surface area contributed by atoms with E-state index in [1.807, 2.05) is 12.3 Å². The predicted octanol–water partition coefficient (Wildman–Crippen LogP) is 1.77. The summed E-state index contributed by atoms with van der Waals surface area (Å²) >= 11 is 1.51. The van der Waals surface area contributed by atoms with Gasteiger partial charge in [-0.15, -0.1) is 11.3 Å². The molecule has 6 heteroatoms. The summed E-state index contributed by atoms with van der Waals surface area (Å²) in [5, 5.41) is 15.2. The molecule has 0 aliphatic heterocycles. The van der Waals surface area contributed by atoms with Crippen LogP contribution in [0.2, 0.25) is 0 Å². The summed E-state index contributed by atoms with van der Waals surface area (Å²) in [4.78, 5) is 17.6. The molecule has 0 unspecified atom stereocenters. The Kier molecular flexibility index (Phi) is 5.12. The molecule has 0 saturated heterocycles. The minimum absolute atomic E-state index is 0.0289. The van der Waals surface area contributed by atoms with Crippen molar-refractivity contribution in [1.29, 1.82) is 0 Å². The average Bonchev–Trinajstić information content (AvgIpc) is 3.00. The number of nitrogens with zero attached hydrogens (tertiary/aromatic N) is 2. The highest BCUT2D eigenvalue weighted by atomic mass is 32.1. The quantitative estimate of drug-likeness (QED) is 0.767. The second-order valence-corrected chi connectivity index (χ2v) is 6.30. The Morgan fingerprint density at radius 3 is 2.90 bits per heavy atom. The second kappa shape index (κ2) is 6.65. The molecule has 1 aromatic rings. The number of aromatic nitrogens is 1. The number of aliphatic hydroxyl groups is 1. The van der Waals surface area contributed by atoms with Crippen molar-refractivity contribution in [1.82, 2.24) is 10.3 Å². The summed E-state index contributed by atoms with van der Waals surface area (Å²) in [5.74, 6) is 0.0289. The molecule has 0 bridgehead atoms. The van der Waals surface area contributed by atoms with Gasteiger partial charge in [-0.3, -0.25) is 9.69 Å². The molecule has 1 aromatic heterocycles. The summed E-state index contributed by atoms with van der Waals surface area (Å²) in [6.45, 7) is 6.09. The Bertz CT molecular complexity index is 457. The average molecular weight is 297 g/mol. The first-order chi connectivity index (χ1) is 9.60. The Labute approximate surface area is 124 Å². The van der Waals surface area contributed by atoms with E-state index in [1.165, 1.54) is 24.2 Å². The van der Waals surface area contributed by atoms with Gasteiger partial charge in [0.05, 0.1) is 5.69 Å². The fourth-order valence-electron chi connectivity index (χ4n) is 2.38. The molecule has 1 saturated carbocycles. The zero-order chi connectivity index (χ0) is 14.6. The standard InChI is InChI=1S/C14H23N3O2S/c1-3-17(11(2)19)13-16-12(9-20-13)8-15-10-14(4-5-14)6-7-18/h9,15,18H,3-8,10H2,1-2H3. The number of carbonyl (C=O) groups excluding carboxylic acids is 1. The van der Waals surface area contributed by atoms with Gasteiger partial charge in [0.2, 0.25) is 5.91 Å². The molecule has 0 radical (unpaired) electrons. The number of hydrogen-bond acceptors (Lipinski definition) is 5. The van der Waals surface area contributed by atoms with E-state index in [4.69, 9.17) is 5.11 Å². The van der Waals surface area contributed by atoms with Crippen molar-refractivity contribution in [2.24, 2.45) is 5.41 Å². The van der Waals surface area contributed by atoms with Crippen molar-refractivity contribution in [3.05, 3.63) is 11.1 Å². The van der Waals surface area contributed by atoms with Crippen LogP contribution in [-0.4, -0.2) is 35.7 Å². The van der Waals surface area contributed by atoms with E-state index in [9.17, 15) is 4.79 Å². The van der Waals surface area contributed by atoms with Gasteiger partial charge in [-0.25, -0.2) is 4.98 Å². The van der Waals surface area contributed by atoms with Gasteiger partial charge in [0.25, 0.3) is 0 Å². The molecule has 0 spiro atoms. The van der Waals surface area contributed by atoms with Gasteiger partial charge in [0.1, 0.15) is 0 Å². The number of rotatable bonds is 8. The monoisotopic (exact) mass is 297 g/mol. The topological polar surface area (TPSA) is 65.5 Å². The smallest absolute Gasteiger partial charge is 0.225 e. The summed E-state index contributed by atoms with van der Waals surface area (Å²) < 4.78 is 0.